The van der Waals surface area contributed by atoms with E-state index < -0.39 is 11.7 Å². The summed E-state index contributed by atoms with van der Waals surface area (Å²) in [5, 5.41) is 7.21. The van der Waals surface area contributed by atoms with Crippen molar-refractivity contribution in [1.82, 2.24) is 20.6 Å². The zero-order chi connectivity index (χ0) is 18.7. The third-order valence-corrected chi connectivity index (χ3v) is 4.19. The van der Waals surface area contributed by atoms with Crippen LogP contribution in [-0.4, -0.2) is 15.1 Å². The van der Waals surface area contributed by atoms with Crippen LogP contribution in [0, 0.1) is 0 Å². The summed E-state index contributed by atoms with van der Waals surface area (Å²) >= 11 is 5.20. The molecule has 0 saturated heterocycles. The maximum Gasteiger partial charge on any atom is 0.416 e. The van der Waals surface area contributed by atoms with E-state index in [9.17, 15) is 13.2 Å². The second-order valence-electron chi connectivity index (χ2n) is 5.66. The fraction of sp³-hybridized carbons (Fsp3) is 0.176. The van der Waals surface area contributed by atoms with Crippen LogP contribution in [-0.2, 0) is 19.3 Å². The smallest absolute Gasteiger partial charge is 0.398 e. The number of thiocarbonyl (C=S) groups is 1. The van der Waals surface area contributed by atoms with Crippen LogP contribution < -0.4 is 16.4 Å². The first-order valence-electron chi connectivity index (χ1n) is 7.73. The van der Waals surface area contributed by atoms with Crippen molar-refractivity contribution in [3.05, 3.63) is 59.4 Å². The fourth-order valence-corrected chi connectivity index (χ4v) is 2.67. The molecule has 0 fully saturated rings. The Hall–Kier alpha value is -2.81. The highest BCUT2D eigenvalue weighted by Gasteiger charge is 2.30. The summed E-state index contributed by atoms with van der Waals surface area (Å²) in [7, 11) is 0. The highest BCUT2D eigenvalue weighted by molar-refractivity contribution is 7.80. The predicted molar refractivity (Wildman–Crippen MR) is 98.2 cm³/mol. The maximum atomic E-state index is 12.8. The minimum Gasteiger partial charge on any atom is -0.398 e. The molecular formula is C17H16F3N5S. The van der Waals surface area contributed by atoms with Gasteiger partial charge in [-0.25, -0.2) is 4.98 Å². The van der Waals surface area contributed by atoms with Gasteiger partial charge in [-0.1, -0.05) is 0 Å². The lowest BCUT2D eigenvalue weighted by atomic mass is 10.1. The van der Waals surface area contributed by atoms with E-state index in [1.54, 1.807) is 12.4 Å². The molecule has 3 rings (SSSR count). The standard InChI is InChI=1S/C17H16F3N5S/c18-17(19,20)12-1-2-14(21)11(7-12)9-25-16(26)24-8-10-3-5-22-15-13(10)4-6-23-15/h1-7H,8-9,21H2,(H,22,23)(H2,24,25,26). The molecule has 0 saturated carbocycles. The minimum absolute atomic E-state index is 0.0947. The molecule has 0 aliphatic heterocycles. The van der Waals surface area contributed by atoms with Gasteiger partial charge >= 0.3 is 6.18 Å². The molecule has 1 aromatic carbocycles. The van der Waals surface area contributed by atoms with Gasteiger partial charge in [0, 0.05) is 36.6 Å². The van der Waals surface area contributed by atoms with Gasteiger partial charge in [0.15, 0.2) is 5.11 Å². The van der Waals surface area contributed by atoms with Gasteiger partial charge in [-0.15, -0.1) is 0 Å². The number of aromatic amines is 1. The Bertz CT molecular complexity index is 936. The molecular weight excluding hydrogens is 363 g/mol. The number of benzene rings is 1. The van der Waals surface area contributed by atoms with Crippen LogP contribution in [0.2, 0.25) is 0 Å². The summed E-state index contributed by atoms with van der Waals surface area (Å²) < 4.78 is 38.4. The summed E-state index contributed by atoms with van der Waals surface area (Å²) in [6, 6.07) is 7.02. The van der Waals surface area contributed by atoms with Gasteiger partial charge in [0.1, 0.15) is 5.65 Å². The van der Waals surface area contributed by atoms with E-state index in [4.69, 9.17) is 18.0 Å². The Balaban J connectivity index is 1.60. The number of pyridine rings is 1. The van der Waals surface area contributed by atoms with Gasteiger partial charge in [-0.2, -0.15) is 13.2 Å². The number of alkyl halides is 3. The first kappa shape index (κ1) is 18.0. The molecule has 5 N–H and O–H groups in total. The Labute approximate surface area is 152 Å². The van der Waals surface area contributed by atoms with Crippen LogP contribution in [0.3, 0.4) is 0 Å². The lowest BCUT2D eigenvalue weighted by Crippen LogP contribution is -2.34. The largest absolute Gasteiger partial charge is 0.416 e. The number of nitrogens with one attached hydrogen (secondary N) is 3. The Morgan fingerprint density at radius 3 is 2.58 bits per heavy atom. The highest BCUT2D eigenvalue weighted by Crippen LogP contribution is 2.31. The Morgan fingerprint density at radius 1 is 1.12 bits per heavy atom. The highest BCUT2D eigenvalue weighted by atomic mass is 32.1. The molecule has 0 spiro atoms. The molecule has 0 aliphatic rings. The van der Waals surface area contributed by atoms with Crippen molar-refractivity contribution in [3.63, 3.8) is 0 Å². The molecule has 0 bridgehead atoms. The monoisotopic (exact) mass is 379 g/mol. The van der Waals surface area contributed by atoms with Crippen LogP contribution in [0.15, 0.2) is 42.7 Å². The third kappa shape index (κ3) is 4.05. The van der Waals surface area contributed by atoms with Crippen molar-refractivity contribution in [1.29, 1.82) is 0 Å². The molecule has 0 unspecified atom stereocenters. The van der Waals surface area contributed by atoms with Crippen LogP contribution in [0.1, 0.15) is 16.7 Å². The van der Waals surface area contributed by atoms with E-state index in [-0.39, 0.29) is 12.2 Å². The fourth-order valence-electron chi connectivity index (χ4n) is 2.52. The van der Waals surface area contributed by atoms with Gasteiger partial charge in [0.25, 0.3) is 0 Å². The van der Waals surface area contributed by atoms with Gasteiger partial charge in [-0.3, -0.25) is 0 Å². The average Bonchev–Trinajstić information content (AvgIpc) is 3.07. The van der Waals surface area contributed by atoms with Crippen molar-refractivity contribution in [2.75, 3.05) is 5.73 Å². The molecule has 0 aliphatic carbocycles. The number of fused-ring (bicyclic) bond motifs is 1. The van der Waals surface area contributed by atoms with E-state index in [0.29, 0.717) is 17.2 Å². The molecule has 2 heterocycles. The number of rotatable bonds is 4. The molecule has 5 nitrogen and oxygen atoms in total. The van der Waals surface area contributed by atoms with Crippen LogP contribution in [0.5, 0.6) is 0 Å². The summed E-state index contributed by atoms with van der Waals surface area (Å²) in [6.45, 7) is 0.554. The molecule has 0 amide bonds. The van der Waals surface area contributed by atoms with Crippen molar-refractivity contribution in [3.8, 4) is 0 Å². The molecule has 0 atom stereocenters. The van der Waals surface area contributed by atoms with Crippen molar-refractivity contribution >= 4 is 34.1 Å². The lowest BCUT2D eigenvalue weighted by molar-refractivity contribution is -0.137. The second-order valence-corrected chi connectivity index (χ2v) is 6.07. The summed E-state index contributed by atoms with van der Waals surface area (Å²) in [5.41, 5.74) is 7.40. The number of nitrogens with zero attached hydrogens (tertiary/aromatic N) is 1. The van der Waals surface area contributed by atoms with Crippen LogP contribution >= 0.6 is 12.2 Å². The second kappa shape index (κ2) is 7.20. The van der Waals surface area contributed by atoms with E-state index >= 15 is 0 Å². The lowest BCUT2D eigenvalue weighted by Gasteiger charge is -2.14. The van der Waals surface area contributed by atoms with E-state index in [1.807, 2.05) is 12.1 Å². The Morgan fingerprint density at radius 2 is 1.85 bits per heavy atom. The SMILES string of the molecule is Nc1ccc(C(F)(F)F)cc1CNC(=S)NCc1ccnc2[nH]ccc12. The summed E-state index contributed by atoms with van der Waals surface area (Å²) in [5.74, 6) is 0. The van der Waals surface area contributed by atoms with E-state index in [0.717, 1.165) is 28.7 Å². The van der Waals surface area contributed by atoms with Crippen molar-refractivity contribution in [2.45, 2.75) is 19.3 Å². The van der Waals surface area contributed by atoms with Crippen LogP contribution in [0.25, 0.3) is 11.0 Å². The van der Waals surface area contributed by atoms with E-state index in [1.165, 1.54) is 6.07 Å². The van der Waals surface area contributed by atoms with Gasteiger partial charge < -0.3 is 21.4 Å². The molecule has 2 aromatic heterocycles. The zero-order valence-corrected chi connectivity index (χ0v) is 14.3. The van der Waals surface area contributed by atoms with E-state index in [2.05, 4.69) is 20.6 Å². The van der Waals surface area contributed by atoms with Gasteiger partial charge in [-0.05, 0) is 53.7 Å². The number of H-pyrrole nitrogens is 1. The number of aromatic nitrogens is 2. The molecule has 0 radical (unpaired) electrons. The van der Waals surface area contributed by atoms with Crippen LogP contribution in [0.4, 0.5) is 18.9 Å². The molecule has 136 valence electrons. The number of halogens is 3. The normalized spacial score (nSPS) is 11.5. The number of nitrogen functional groups attached to an aromatic ring is 1. The van der Waals surface area contributed by atoms with Gasteiger partial charge in [0.05, 0.1) is 5.56 Å². The molecule has 3 aromatic rings. The molecule has 26 heavy (non-hydrogen) atoms. The summed E-state index contributed by atoms with van der Waals surface area (Å²) in [6.07, 6.45) is -0.922. The first-order valence-corrected chi connectivity index (χ1v) is 8.13. The average molecular weight is 379 g/mol. The van der Waals surface area contributed by atoms with Gasteiger partial charge in [0.2, 0.25) is 0 Å². The number of anilines is 1. The van der Waals surface area contributed by atoms with Crippen molar-refractivity contribution < 1.29 is 13.2 Å². The Kier molecular flexibility index (Phi) is 4.99. The van der Waals surface area contributed by atoms with Crippen molar-refractivity contribution in [2.24, 2.45) is 0 Å². The zero-order valence-electron chi connectivity index (χ0n) is 13.5. The number of hydrogen-bond acceptors (Lipinski definition) is 3. The maximum absolute atomic E-state index is 12.8. The quantitative estimate of drug-likeness (QED) is 0.413. The third-order valence-electron chi connectivity index (χ3n) is 3.90. The summed E-state index contributed by atoms with van der Waals surface area (Å²) in [4.78, 5) is 7.23. The number of nitrogens with two attached hydrogens (primary N) is 1. The minimum atomic E-state index is -4.41. The number of hydrogen-bond donors (Lipinski definition) is 4. The topological polar surface area (TPSA) is 78.8 Å². The molecule has 9 heteroatoms. The predicted octanol–water partition coefficient (Wildman–Crippen LogP) is 3.33. The first-order chi connectivity index (χ1) is 12.3.